The molecule has 0 saturated heterocycles. The first-order valence-electron chi connectivity index (χ1n) is 8.91. The number of rotatable bonds is 3. The zero-order valence-electron chi connectivity index (χ0n) is 14.6. The molecule has 3 aromatic rings. The first-order chi connectivity index (χ1) is 13.1. The number of hydrogen-bond acceptors (Lipinski definition) is 3. The Balaban J connectivity index is 1.66. The van der Waals surface area contributed by atoms with Crippen molar-refractivity contribution in [1.82, 2.24) is 14.8 Å². The number of carbonyl (C=O) groups is 1. The number of aromatic nitrogens is 3. The molecule has 0 saturated carbocycles. The summed E-state index contributed by atoms with van der Waals surface area (Å²) in [6.07, 6.45) is 4.21. The predicted molar refractivity (Wildman–Crippen MR) is 102 cm³/mol. The number of halogens is 2. The van der Waals surface area contributed by atoms with Crippen LogP contribution in [0.2, 0.25) is 5.02 Å². The van der Waals surface area contributed by atoms with Crippen LogP contribution in [0, 0.1) is 5.82 Å². The number of carbonyl (C=O) groups excluding carboxylic acids is 1. The first-order valence-corrected chi connectivity index (χ1v) is 9.29. The summed E-state index contributed by atoms with van der Waals surface area (Å²) in [5, 5.41) is 11.5. The van der Waals surface area contributed by atoms with Gasteiger partial charge in [0.15, 0.2) is 5.82 Å². The Morgan fingerprint density at radius 2 is 1.96 bits per heavy atom. The Kier molecular flexibility index (Phi) is 4.90. The van der Waals surface area contributed by atoms with Gasteiger partial charge in [-0.2, -0.15) is 0 Å². The number of nitrogens with zero attached hydrogens (tertiary/aromatic N) is 3. The SMILES string of the molecule is O=C(Nc1cc(-c2nnc3n2CCCCC3)ccc1F)c1ccccc1Cl. The van der Waals surface area contributed by atoms with Crippen LogP contribution in [0.4, 0.5) is 10.1 Å². The van der Waals surface area contributed by atoms with Crippen LogP contribution >= 0.6 is 11.6 Å². The average Bonchev–Trinajstić information content (AvgIpc) is 2.92. The minimum atomic E-state index is -0.519. The fourth-order valence-electron chi connectivity index (χ4n) is 3.29. The van der Waals surface area contributed by atoms with E-state index in [9.17, 15) is 9.18 Å². The van der Waals surface area contributed by atoms with Crippen LogP contribution in [-0.4, -0.2) is 20.7 Å². The molecule has 1 aromatic heterocycles. The van der Waals surface area contributed by atoms with Crippen molar-refractivity contribution in [3.8, 4) is 11.4 Å². The van der Waals surface area contributed by atoms with Crippen molar-refractivity contribution in [3.05, 3.63) is 64.7 Å². The van der Waals surface area contributed by atoms with Gasteiger partial charge in [0, 0.05) is 18.5 Å². The minimum absolute atomic E-state index is 0.0865. The summed E-state index contributed by atoms with van der Waals surface area (Å²) in [4.78, 5) is 12.5. The van der Waals surface area contributed by atoms with Gasteiger partial charge in [-0.1, -0.05) is 30.2 Å². The van der Waals surface area contributed by atoms with Crippen LogP contribution in [0.25, 0.3) is 11.4 Å². The third-order valence-corrected chi connectivity index (χ3v) is 5.03. The molecule has 2 heterocycles. The predicted octanol–water partition coefficient (Wildman–Crippen LogP) is 4.72. The van der Waals surface area contributed by atoms with E-state index < -0.39 is 11.7 Å². The molecule has 27 heavy (non-hydrogen) atoms. The van der Waals surface area contributed by atoms with E-state index >= 15 is 0 Å². The maximum Gasteiger partial charge on any atom is 0.257 e. The molecule has 0 radical (unpaired) electrons. The largest absolute Gasteiger partial charge is 0.319 e. The van der Waals surface area contributed by atoms with Gasteiger partial charge in [0.05, 0.1) is 16.3 Å². The molecule has 0 spiro atoms. The fraction of sp³-hybridized carbons (Fsp3) is 0.250. The second-order valence-electron chi connectivity index (χ2n) is 6.53. The Labute approximate surface area is 161 Å². The van der Waals surface area contributed by atoms with Gasteiger partial charge < -0.3 is 9.88 Å². The topological polar surface area (TPSA) is 59.8 Å². The van der Waals surface area contributed by atoms with Gasteiger partial charge in [0.25, 0.3) is 5.91 Å². The maximum atomic E-state index is 14.3. The van der Waals surface area contributed by atoms with Crippen LogP contribution in [-0.2, 0) is 13.0 Å². The second kappa shape index (κ2) is 7.48. The summed E-state index contributed by atoms with van der Waals surface area (Å²) in [5.74, 6) is 0.667. The number of nitrogens with one attached hydrogen (secondary N) is 1. The van der Waals surface area contributed by atoms with Gasteiger partial charge in [0.2, 0.25) is 0 Å². The molecule has 2 aromatic carbocycles. The molecule has 7 heteroatoms. The normalized spacial score (nSPS) is 13.7. The zero-order chi connectivity index (χ0) is 18.8. The molecule has 1 aliphatic heterocycles. The third-order valence-electron chi connectivity index (χ3n) is 4.70. The second-order valence-corrected chi connectivity index (χ2v) is 6.94. The third kappa shape index (κ3) is 3.57. The van der Waals surface area contributed by atoms with Gasteiger partial charge >= 0.3 is 0 Å². The van der Waals surface area contributed by atoms with Crippen LogP contribution in [0.3, 0.4) is 0 Å². The summed E-state index contributed by atoms with van der Waals surface area (Å²) in [6.45, 7) is 0.844. The molecule has 0 atom stereocenters. The number of anilines is 1. The molecule has 0 fully saturated rings. The highest BCUT2D eigenvalue weighted by molar-refractivity contribution is 6.34. The molecule has 0 unspecified atom stereocenters. The van der Waals surface area contributed by atoms with Crippen molar-refractivity contribution in [3.63, 3.8) is 0 Å². The Bertz CT molecular complexity index is 1000. The van der Waals surface area contributed by atoms with Crippen molar-refractivity contribution in [2.45, 2.75) is 32.2 Å². The molecule has 1 N–H and O–H groups in total. The lowest BCUT2D eigenvalue weighted by Gasteiger charge is -2.11. The Morgan fingerprint density at radius 3 is 2.81 bits per heavy atom. The van der Waals surface area contributed by atoms with Crippen LogP contribution in [0.1, 0.15) is 35.4 Å². The van der Waals surface area contributed by atoms with E-state index in [1.165, 1.54) is 6.07 Å². The van der Waals surface area contributed by atoms with E-state index in [-0.39, 0.29) is 5.69 Å². The lowest BCUT2D eigenvalue weighted by Crippen LogP contribution is -2.13. The van der Waals surface area contributed by atoms with Crippen molar-refractivity contribution in [2.24, 2.45) is 0 Å². The van der Waals surface area contributed by atoms with Gasteiger partial charge in [-0.25, -0.2) is 4.39 Å². The smallest absolute Gasteiger partial charge is 0.257 e. The quantitative estimate of drug-likeness (QED) is 0.711. The summed E-state index contributed by atoms with van der Waals surface area (Å²) in [7, 11) is 0. The van der Waals surface area contributed by atoms with Crippen LogP contribution in [0.15, 0.2) is 42.5 Å². The molecule has 1 amide bonds. The molecule has 5 nitrogen and oxygen atoms in total. The molecule has 138 valence electrons. The number of amides is 1. The number of hydrogen-bond donors (Lipinski definition) is 1. The van der Waals surface area contributed by atoms with Crippen molar-refractivity contribution in [1.29, 1.82) is 0 Å². The van der Waals surface area contributed by atoms with E-state index in [0.29, 0.717) is 22.0 Å². The maximum absolute atomic E-state index is 14.3. The van der Waals surface area contributed by atoms with E-state index in [0.717, 1.165) is 38.1 Å². The number of benzene rings is 2. The summed E-state index contributed by atoms with van der Waals surface area (Å²) in [6, 6.07) is 11.2. The minimum Gasteiger partial charge on any atom is -0.319 e. The van der Waals surface area contributed by atoms with Gasteiger partial charge in [-0.3, -0.25) is 4.79 Å². The van der Waals surface area contributed by atoms with Gasteiger partial charge in [-0.15, -0.1) is 10.2 Å². The van der Waals surface area contributed by atoms with E-state index in [2.05, 4.69) is 20.1 Å². The average molecular weight is 385 g/mol. The molecule has 1 aliphatic rings. The Hall–Kier alpha value is -2.73. The van der Waals surface area contributed by atoms with Crippen molar-refractivity contribution < 1.29 is 9.18 Å². The van der Waals surface area contributed by atoms with Crippen molar-refractivity contribution >= 4 is 23.2 Å². The summed E-state index contributed by atoms with van der Waals surface area (Å²) >= 11 is 6.06. The first kappa shape index (κ1) is 17.7. The monoisotopic (exact) mass is 384 g/mol. The standard InChI is InChI=1S/C20H18ClFN4O/c21-15-7-4-3-6-14(15)20(27)23-17-12-13(9-10-16(17)22)19-25-24-18-8-2-1-5-11-26(18)19/h3-4,6-7,9-10,12H,1-2,5,8,11H2,(H,23,27). The molecule has 0 bridgehead atoms. The molecule has 4 rings (SSSR count). The van der Waals surface area contributed by atoms with Crippen molar-refractivity contribution in [2.75, 3.05) is 5.32 Å². The highest BCUT2D eigenvalue weighted by atomic mass is 35.5. The highest BCUT2D eigenvalue weighted by Gasteiger charge is 2.18. The molecular formula is C20H18ClFN4O. The molecular weight excluding hydrogens is 367 g/mol. The lowest BCUT2D eigenvalue weighted by molar-refractivity contribution is 0.102. The van der Waals surface area contributed by atoms with Gasteiger partial charge in [-0.05, 0) is 43.2 Å². The van der Waals surface area contributed by atoms with E-state index in [4.69, 9.17) is 11.6 Å². The van der Waals surface area contributed by atoms with E-state index in [1.54, 1.807) is 36.4 Å². The van der Waals surface area contributed by atoms with Crippen LogP contribution in [0.5, 0.6) is 0 Å². The van der Waals surface area contributed by atoms with E-state index in [1.807, 2.05) is 0 Å². The lowest BCUT2D eigenvalue weighted by atomic mass is 10.1. The van der Waals surface area contributed by atoms with Gasteiger partial charge in [0.1, 0.15) is 11.6 Å². The number of aryl methyl sites for hydroxylation is 1. The number of fused-ring (bicyclic) bond motifs is 1. The Morgan fingerprint density at radius 1 is 1.11 bits per heavy atom. The fourth-order valence-corrected chi connectivity index (χ4v) is 3.52. The highest BCUT2D eigenvalue weighted by Crippen LogP contribution is 2.27. The summed E-state index contributed by atoms with van der Waals surface area (Å²) in [5.41, 5.74) is 1.09. The summed E-state index contributed by atoms with van der Waals surface area (Å²) < 4.78 is 16.4. The van der Waals surface area contributed by atoms with Crippen LogP contribution < -0.4 is 5.32 Å². The molecule has 0 aliphatic carbocycles. The zero-order valence-corrected chi connectivity index (χ0v) is 15.3.